The molecule has 4 N–H and O–H groups in total. The van der Waals surface area contributed by atoms with Crippen molar-refractivity contribution < 1.29 is 20.1 Å². The van der Waals surface area contributed by atoms with E-state index < -0.39 is 17.8 Å². The van der Waals surface area contributed by atoms with Crippen molar-refractivity contribution in [1.82, 2.24) is 5.32 Å². The van der Waals surface area contributed by atoms with E-state index in [1.54, 1.807) is 6.92 Å². The fourth-order valence-electron chi connectivity index (χ4n) is 1.16. The number of hydrogen-bond acceptors (Lipinski definition) is 4. The molecule has 0 aromatic heterocycles. The lowest BCUT2D eigenvalue weighted by Gasteiger charge is -2.10. The normalized spacial score (nSPS) is 12.1. The number of para-hydroxylation sites is 1. The molecule has 1 aromatic rings. The third kappa shape index (κ3) is 2.87. The molecule has 0 aliphatic carbocycles. The van der Waals surface area contributed by atoms with E-state index in [9.17, 15) is 20.1 Å². The van der Waals surface area contributed by atoms with Crippen LogP contribution in [0.2, 0.25) is 0 Å². The van der Waals surface area contributed by atoms with Crippen molar-refractivity contribution in [1.29, 1.82) is 0 Å². The molecule has 0 saturated carbocycles. The minimum atomic E-state index is -0.608. The highest BCUT2D eigenvalue weighted by molar-refractivity contribution is 5.97. The first-order valence-corrected chi connectivity index (χ1v) is 5.03. The molecular weight excluding hydrogens is 210 g/mol. The van der Waals surface area contributed by atoms with Crippen LogP contribution in [-0.2, 0) is 0 Å². The molecule has 1 amide bonds. The van der Waals surface area contributed by atoms with Gasteiger partial charge < -0.3 is 20.6 Å². The van der Waals surface area contributed by atoms with Gasteiger partial charge in [0.15, 0.2) is 11.5 Å². The zero-order valence-corrected chi connectivity index (χ0v) is 8.97. The van der Waals surface area contributed by atoms with E-state index in [4.69, 9.17) is 0 Å². The van der Waals surface area contributed by atoms with Crippen LogP contribution < -0.4 is 5.32 Å². The average Bonchev–Trinajstić information content (AvgIpc) is 2.29. The second kappa shape index (κ2) is 5.37. The molecule has 88 valence electrons. The van der Waals surface area contributed by atoms with Crippen LogP contribution in [-0.4, -0.2) is 33.9 Å². The van der Waals surface area contributed by atoms with Gasteiger partial charge in [0.2, 0.25) is 0 Å². The molecule has 0 bridgehead atoms. The second-order valence-electron chi connectivity index (χ2n) is 3.45. The molecule has 0 radical (unpaired) electrons. The first-order chi connectivity index (χ1) is 7.56. The van der Waals surface area contributed by atoms with Crippen molar-refractivity contribution in [3.05, 3.63) is 23.8 Å². The van der Waals surface area contributed by atoms with Crippen molar-refractivity contribution in [3.63, 3.8) is 0 Å². The van der Waals surface area contributed by atoms with Gasteiger partial charge in [0.25, 0.3) is 5.91 Å². The predicted octanol–water partition coefficient (Wildman–Crippen LogP) is 0.599. The van der Waals surface area contributed by atoms with Crippen LogP contribution in [0, 0.1) is 0 Å². The summed E-state index contributed by atoms with van der Waals surface area (Å²) in [4.78, 5) is 11.5. The van der Waals surface area contributed by atoms with Gasteiger partial charge in [-0.3, -0.25) is 4.79 Å². The fourth-order valence-corrected chi connectivity index (χ4v) is 1.16. The summed E-state index contributed by atoms with van der Waals surface area (Å²) < 4.78 is 0. The Labute approximate surface area is 93.4 Å². The highest BCUT2D eigenvalue weighted by atomic mass is 16.3. The maximum absolute atomic E-state index is 11.5. The third-order valence-electron chi connectivity index (χ3n) is 2.23. The van der Waals surface area contributed by atoms with Gasteiger partial charge in [-0.05, 0) is 18.6 Å². The number of phenols is 2. The number of carbonyl (C=O) groups excluding carboxylic acids is 1. The molecule has 1 aromatic carbocycles. The second-order valence-corrected chi connectivity index (χ2v) is 3.45. The molecule has 16 heavy (non-hydrogen) atoms. The van der Waals surface area contributed by atoms with Crippen LogP contribution in [0.4, 0.5) is 0 Å². The standard InChI is InChI=1S/C11H15NO4/c1-2-7(13)6-12-11(16)8-4-3-5-9(14)10(8)15/h3-5,7,13-15H,2,6H2,1H3,(H,12,16). The zero-order valence-electron chi connectivity index (χ0n) is 8.97. The van der Waals surface area contributed by atoms with Gasteiger partial charge in [-0.15, -0.1) is 0 Å². The minimum absolute atomic E-state index is 0.0108. The molecule has 0 aliphatic heterocycles. The third-order valence-corrected chi connectivity index (χ3v) is 2.23. The SMILES string of the molecule is CCC(O)CNC(=O)c1cccc(O)c1O. The van der Waals surface area contributed by atoms with Gasteiger partial charge in [0.05, 0.1) is 11.7 Å². The monoisotopic (exact) mass is 225 g/mol. The maximum Gasteiger partial charge on any atom is 0.255 e. The number of amides is 1. The molecule has 1 atom stereocenters. The molecule has 1 rings (SSSR count). The largest absolute Gasteiger partial charge is 0.504 e. The number of nitrogens with one attached hydrogen (secondary N) is 1. The average molecular weight is 225 g/mol. The molecule has 0 aliphatic rings. The van der Waals surface area contributed by atoms with Crippen LogP contribution in [0.5, 0.6) is 11.5 Å². The number of phenolic OH excluding ortho intramolecular Hbond substituents is 2. The van der Waals surface area contributed by atoms with Crippen molar-refractivity contribution in [2.75, 3.05) is 6.54 Å². The van der Waals surface area contributed by atoms with E-state index in [2.05, 4.69) is 5.32 Å². The van der Waals surface area contributed by atoms with Gasteiger partial charge >= 0.3 is 0 Å². The van der Waals surface area contributed by atoms with Gasteiger partial charge in [0, 0.05) is 6.54 Å². The lowest BCUT2D eigenvalue weighted by atomic mass is 10.1. The molecule has 0 spiro atoms. The highest BCUT2D eigenvalue weighted by Crippen LogP contribution is 2.27. The summed E-state index contributed by atoms with van der Waals surface area (Å²) in [7, 11) is 0. The van der Waals surface area contributed by atoms with Gasteiger partial charge in [-0.1, -0.05) is 13.0 Å². The van der Waals surface area contributed by atoms with Crippen LogP contribution >= 0.6 is 0 Å². The fraction of sp³-hybridized carbons (Fsp3) is 0.364. The summed E-state index contributed by atoms with van der Waals surface area (Å²) in [5.41, 5.74) is -0.0108. The molecule has 0 saturated heterocycles. The number of aliphatic hydroxyl groups excluding tert-OH is 1. The summed E-state index contributed by atoms with van der Waals surface area (Å²) >= 11 is 0. The Morgan fingerprint density at radius 2 is 2.12 bits per heavy atom. The summed E-state index contributed by atoms with van der Waals surface area (Å²) in [6.07, 6.45) is -0.0739. The van der Waals surface area contributed by atoms with E-state index >= 15 is 0 Å². The molecule has 0 heterocycles. The molecule has 5 heteroatoms. The number of aliphatic hydroxyl groups is 1. The minimum Gasteiger partial charge on any atom is -0.504 e. The van der Waals surface area contributed by atoms with E-state index in [0.717, 1.165) is 0 Å². The number of benzene rings is 1. The number of carbonyl (C=O) groups is 1. The Bertz CT molecular complexity index is 378. The molecule has 1 unspecified atom stereocenters. The first kappa shape index (κ1) is 12.3. The Balaban J connectivity index is 2.70. The van der Waals surface area contributed by atoms with Crippen molar-refractivity contribution in [2.45, 2.75) is 19.4 Å². The quantitative estimate of drug-likeness (QED) is 0.565. The number of rotatable bonds is 4. The van der Waals surface area contributed by atoms with Gasteiger partial charge in [-0.25, -0.2) is 0 Å². The van der Waals surface area contributed by atoms with Crippen molar-refractivity contribution in [3.8, 4) is 11.5 Å². The molecular formula is C11H15NO4. The van der Waals surface area contributed by atoms with E-state index in [1.165, 1.54) is 18.2 Å². The van der Waals surface area contributed by atoms with E-state index in [1.807, 2.05) is 0 Å². The van der Waals surface area contributed by atoms with E-state index in [0.29, 0.717) is 6.42 Å². The Morgan fingerprint density at radius 3 is 2.75 bits per heavy atom. The van der Waals surface area contributed by atoms with Crippen molar-refractivity contribution >= 4 is 5.91 Å². The van der Waals surface area contributed by atoms with E-state index in [-0.39, 0.29) is 17.9 Å². The van der Waals surface area contributed by atoms with Gasteiger partial charge in [0.1, 0.15) is 0 Å². The van der Waals surface area contributed by atoms with Crippen LogP contribution in [0.3, 0.4) is 0 Å². The zero-order chi connectivity index (χ0) is 12.1. The summed E-state index contributed by atoms with van der Waals surface area (Å²) in [6.45, 7) is 1.91. The van der Waals surface area contributed by atoms with Crippen LogP contribution in [0.1, 0.15) is 23.7 Å². The number of aromatic hydroxyl groups is 2. The van der Waals surface area contributed by atoms with Crippen LogP contribution in [0.25, 0.3) is 0 Å². The van der Waals surface area contributed by atoms with Crippen LogP contribution in [0.15, 0.2) is 18.2 Å². The predicted molar refractivity (Wildman–Crippen MR) is 58.4 cm³/mol. The topological polar surface area (TPSA) is 89.8 Å². The van der Waals surface area contributed by atoms with Gasteiger partial charge in [-0.2, -0.15) is 0 Å². The number of hydrogen-bond donors (Lipinski definition) is 4. The Kier molecular flexibility index (Phi) is 4.13. The Hall–Kier alpha value is -1.75. The molecule has 0 fully saturated rings. The maximum atomic E-state index is 11.5. The smallest absolute Gasteiger partial charge is 0.255 e. The lowest BCUT2D eigenvalue weighted by molar-refractivity contribution is 0.0910. The summed E-state index contributed by atoms with van der Waals surface area (Å²) in [6, 6.07) is 4.13. The highest BCUT2D eigenvalue weighted by Gasteiger charge is 2.14. The van der Waals surface area contributed by atoms with Crippen molar-refractivity contribution in [2.24, 2.45) is 0 Å². The molecule has 5 nitrogen and oxygen atoms in total. The summed E-state index contributed by atoms with van der Waals surface area (Å²) in [5, 5.41) is 30.3. The summed E-state index contributed by atoms with van der Waals surface area (Å²) in [5.74, 6) is -1.32. The Morgan fingerprint density at radius 1 is 1.44 bits per heavy atom. The first-order valence-electron chi connectivity index (χ1n) is 5.03. The lowest BCUT2D eigenvalue weighted by Crippen LogP contribution is -2.31.